The summed E-state index contributed by atoms with van der Waals surface area (Å²) in [6, 6.07) is 16.3. The number of nitrogens with zero attached hydrogens (tertiary/aromatic N) is 1. The Hall–Kier alpha value is -2.24. The standard InChI is InChI=1S/C20H24FN3O/c21-17-6-8-18(9-7-17)23-20(25)10-11-24-13-16(12-22)19(14-24)15-4-2-1-3-5-15/h1-9,16,19H,10-14,22H2,(H,23,25)/t16-,19+/m1/s1. The Balaban J connectivity index is 1.51. The number of carbonyl (C=O) groups excluding carboxylic acids is 1. The van der Waals surface area contributed by atoms with Gasteiger partial charge >= 0.3 is 0 Å². The lowest BCUT2D eigenvalue weighted by molar-refractivity contribution is -0.116. The van der Waals surface area contributed by atoms with Crippen LogP contribution < -0.4 is 11.1 Å². The maximum absolute atomic E-state index is 12.9. The van der Waals surface area contributed by atoms with Gasteiger partial charge in [0.15, 0.2) is 0 Å². The fourth-order valence-corrected chi connectivity index (χ4v) is 3.48. The van der Waals surface area contributed by atoms with Crippen LogP contribution in [0, 0.1) is 11.7 Å². The quantitative estimate of drug-likeness (QED) is 0.849. The van der Waals surface area contributed by atoms with Crippen molar-refractivity contribution < 1.29 is 9.18 Å². The van der Waals surface area contributed by atoms with Crippen LogP contribution >= 0.6 is 0 Å². The van der Waals surface area contributed by atoms with Crippen molar-refractivity contribution in [1.82, 2.24) is 4.90 Å². The minimum atomic E-state index is -0.310. The van der Waals surface area contributed by atoms with Gasteiger partial charge < -0.3 is 16.0 Å². The summed E-state index contributed by atoms with van der Waals surface area (Å²) in [5.41, 5.74) is 7.89. The smallest absolute Gasteiger partial charge is 0.225 e. The topological polar surface area (TPSA) is 58.4 Å². The van der Waals surface area contributed by atoms with Gasteiger partial charge in [-0.05, 0) is 42.3 Å². The Morgan fingerprint density at radius 2 is 1.84 bits per heavy atom. The molecule has 25 heavy (non-hydrogen) atoms. The number of likely N-dealkylation sites (tertiary alicyclic amines) is 1. The molecule has 0 aliphatic carbocycles. The van der Waals surface area contributed by atoms with Crippen LogP contribution in [0.15, 0.2) is 54.6 Å². The fraction of sp³-hybridized carbons (Fsp3) is 0.350. The molecule has 3 N–H and O–H groups in total. The Bertz CT molecular complexity index is 690. The molecule has 0 saturated carbocycles. The lowest BCUT2D eigenvalue weighted by Crippen LogP contribution is -2.27. The first-order valence-corrected chi connectivity index (χ1v) is 8.68. The van der Waals surface area contributed by atoms with Crippen LogP contribution in [0.25, 0.3) is 0 Å². The lowest BCUT2D eigenvalue weighted by atomic mass is 9.89. The third-order valence-corrected chi connectivity index (χ3v) is 4.83. The first-order chi connectivity index (χ1) is 12.2. The van der Waals surface area contributed by atoms with E-state index in [2.05, 4.69) is 34.5 Å². The summed E-state index contributed by atoms with van der Waals surface area (Å²) in [5.74, 6) is 0.475. The van der Waals surface area contributed by atoms with Crippen molar-refractivity contribution in [3.05, 3.63) is 66.0 Å². The molecule has 132 valence electrons. The lowest BCUT2D eigenvalue weighted by Gasteiger charge is -2.16. The van der Waals surface area contributed by atoms with Crippen LogP contribution in [0.3, 0.4) is 0 Å². The summed E-state index contributed by atoms with van der Waals surface area (Å²) >= 11 is 0. The number of amides is 1. The first-order valence-electron chi connectivity index (χ1n) is 8.68. The van der Waals surface area contributed by atoms with Crippen LogP contribution in [-0.2, 0) is 4.79 Å². The van der Waals surface area contributed by atoms with Gasteiger partial charge in [-0.15, -0.1) is 0 Å². The highest BCUT2D eigenvalue weighted by molar-refractivity contribution is 5.90. The average Bonchev–Trinajstić information content (AvgIpc) is 3.06. The van der Waals surface area contributed by atoms with Crippen LogP contribution in [0.1, 0.15) is 17.9 Å². The molecule has 4 nitrogen and oxygen atoms in total. The molecule has 1 fully saturated rings. The van der Waals surface area contributed by atoms with Crippen molar-refractivity contribution in [2.45, 2.75) is 12.3 Å². The maximum Gasteiger partial charge on any atom is 0.225 e. The van der Waals surface area contributed by atoms with E-state index in [4.69, 9.17) is 5.73 Å². The summed E-state index contributed by atoms with van der Waals surface area (Å²) in [4.78, 5) is 14.4. The molecule has 0 bridgehead atoms. The minimum Gasteiger partial charge on any atom is -0.330 e. The number of rotatable bonds is 6. The highest BCUT2D eigenvalue weighted by Crippen LogP contribution is 2.31. The summed E-state index contributed by atoms with van der Waals surface area (Å²) in [6.45, 7) is 3.19. The van der Waals surface area contributed by atoms with Gasteiger partial charge in [-0.2, -0.15) is 0 Å². The molecular formula is C20H24FN3O. The molecule has 0 aromatic heterocycles. The Labute approximate surface area is 147 Å². The second-order valence-corrected chi connectivity index (χ2v) is 6.58. The van der Waals surface area contributed by atoms with E-state index in [0.717, 1.165) is 13.1 Å². The molecule has 1 aliphatic heterocycles. The zero-order valence-corrected chi connectivity index (χ0v) is 14.2. The predicted octanol–water partition coefficient (Wildman–Crippen LogP) is 2.83. The van der Waals surface area contributed by atoms with E-state index < -0.39 is 0 Å². The zero-order chi connectivity index (χ0) is 17.6. The molecule has 1 amide bonds. The van der Waals surface area contributed by atoms with Crippen LogP contribution in [0.2, 0.25) is 0 Å². The normalized spacial score (nSPS) is 20.6. The van der Waals surface area contributed by atoms with Gasteiger partial charge in [0.25, 0.3) is 0 Å². The number of hydrogen-bond acceptors (Lipinski definition) is 3. The van der Waals surface area contributed by atoms with Crippen molar-refractivity contribution in [1.29, 1.82) is 0 Å². The largest absolute Gasteiger partial charge is 0.330 e. The molecule has 5 heteroatoms. The molecule has 1 saturated heterocycles. The van der Waals surface area contributed by atoms with E-state index >= 15 is 0 Å². The third kappa shape index (κ3) is 4.65. The van der Waals surface area contributed by atoms with E-state index in [0.29, 0.717) is 37.0 Å². The van der Waals surface area contributed by atoms with Crippen molar-refractivity contribution in [3.63, 3.8) is 0 Å². The molecule has 2 aromatic carbocycles. The van der Waals surface area contributed by atoms with Crippen molar-refractivity contribution in [2.24, 2.45) is 11.7 Å². The van der Waals surface area contributed by atoms with Gasteiger partial charge in [-0.3, -0.25) is 4.79 Å². The molecule has 2 atom stereocenters. The molecule has 1 aliphatic rings. The molecular weight excluding hydrogens is 317 g/mol. The molecule has 1 heterocycles. The number of nitrogens with two attached hydrogens (primary N) is 1. The van der Waals surface area contributed by atoms with E-state index in [1.165, 1.54) is 17.7 Å². The van der Waals surface area contributed by atoms with Crippen molar-refractivity contribution >= 4 is 11.6 Å². The van der Waals surface area contributed by atoms with E-state index in [9.17, 15) is 9.18 Å². The van der Waals surface area contributed by atoms with E-state index in [-0.39, 0.29) is 11.7 Å². The SMILES string of the molecule is NC[C@@H]1CN(CCC(=O)Nc2ccc(F)cc2)C[C@H]1c1ccccc1. The van der Waals surface area contributed by atoms with Gasteiger partial charge in [0, 0.05) is 37.7 Å². The van der Waals surface area contributed by atoms with Crippen LogP contribution in [0.5, 0.6) is 0 Å². The minimum absolute atomic E-state index is 0.0564. The van der Waals surface area contributed by atoms with Crippen LogP contribution in [-0.4, -0.2) is 37.0 Å². The third-order valence-electron chi connectivity index (χ3n) is 4.83. The van der Waals surface area contributed by atoms with Crippen LogP contribution in [0.4, 0.5) is 10.1 Å². The number of nitrogens with one attached hydrogen (secondary N) is 1. The van der Waals surface area contributed by atoms with Gasteiger partial charge in [0.1, 0.15) is 5.82 Å². The second-order valence-electron chi connectivity index (χ2n) is 6.58. The molecule has 0 unspecified atom stereocenters. The molecule has 2 aromatic rings. The number of anilines is 1. The monoisotopic (exact) mass is 341 g/mol. The van der Waals surface area contributed by atoms with E-state index in [1.54, 1.807) is 12.1 Å². The van der Waals surface area contributed by atoms with Crippen molar-refractivity contribution in [2.75, 3.05) is 31.5 Å². The Kier molecular flexibility index (Phi) is 5.79. The molecule has 3 rings (SSSR count). The fourth-order valence-electron chi connectivity index (χ4n) is 3.48. The molecule has 0 spiro atoms. The maximum atomic E-state index is 12.9. The summed E-state index contributed by atoms with van der Waals surface area (Å²) in [6.07, 6.45) is 0.413. The molecule has 0 radical (unpaired) electrons. The average molecular weight is 341 g/mol. The summed E-state index contributed by atoms with van der Waals surface area (Å²) in [7, 11) is 0. The number of hydrogen-bond donors (Lipinski definition) is 2. The Morgan fingerprint density at radius 3 is 2.52 bits per heavy atom. The first kappa shape index (κ1) is 17.6. The van der Waals surface area contributed by atoms with Gasteiger partial charge in [0.2, 0.25) is 5.91 Å². The zero-order valence-electron chi connectivity index (χ0n) is 14.2. The number of carbonyl (C=O) groups is 1. The number of benzene rings is 2. The van der Waals surface area contributed by atoms with E-state index in [1.807, 2.05) is 6.07 Å². The van der Waals surface area contributed by atoms with Gasteiger partial charge in [-0.1, -0.05) is 30.3 Å². The summed E-state index contributed by atoms with van der Waals surface area (Å²) in [5, 5.41) is 2.80. The Morgan fingerprint density at radius 1 is 1.12 bits per heavy atom. The predicted molar refractivity (Wildman–Crippen MR) is 97.8 cm³/mol. The highest BCUT2D eigenvalue weighted by Gasteiger charge is 2.32. The highest BCUT2D eigenvalue weighted by atomic mass is 19.1. The van der Waals surface area contributed by atoms with Gasteiger partial charge in [-0.25, -0.2) is 4.39 Å². The number of halogens is 1. The van der Waals surface area contributed by atoms with Gasteiger partial charge in [0.05, 0.1) is 0 Å². The second kappa shape index (κ2) is 8.23. The van der Waals surface area contributed by atoms with Crippen molar-refractivity contribution in [3.8, 4) is 0 Å². The summed E-state index contributed by atoms with van der Waals surface area (Å²) < 4.78 is 12.9.